The molecule has 106 valence electrons. The number of unbranched alkanes of at least 4 members (excludes halogenated alkanes) is 2. The molecule has 1 unspecified atom stereocenters. The van der Waals surface area contributed by atoms with E-state index in [0.29, 0.717) is 6.54 Å². The van der Waals surface area contributed by atoms with Gasteiger partial charge in [-0.25, -0.2) is 0 Å². The number of rotatable bonds is 8. The highest BCUT2D eigenvalue weighted by atomic mass is 16.3. The van der Waals surface area contributed by atoms with Gasteiger partial charge >= 0.3 is 0 Å². The number of amides is 2. The second kappa shape index (κ2) is 8.91. The lowest BCUT2D eigenvalue weighted by molar-refractivity contribution is -0.136. The van der Waals surface area contributed by atoms with Crippen molar-refractivity contribution in [1.82, 2.24) is 10.2 Å². The number of nitrogens with one attached hydrogen (secondary N) is 1. The third-order valence-corrected chi connectivity index (χ3v) is 2.82. The maximum Gasteiger partial charge on any atom is 0.245 e. The summed E-state index contributed by atoms with van der Waals surface area (Å²) >= 11 is 0. The molecule has 0 bridgehead atoms. The van der Waals surface area contributed by atoms with Crippen molar-refractivity contribution < 1.29 is 14.7 Å². The standard InChI is InChI=1S/C13H26N2O3/c1-10(2)12(14-11(3)17)13(18)15(4)8-6-5-7-9-16/h10,12,16H,5-9H2,1-4H3,(H,14,17). The Morgan fingerprint density at radius 1 is 1.22 bits per heavy atom. The van der Waals surface area contributed by atoms with E-state index in [4.69, 9.17) is 5.11 Å². The molecule has 0 saturated carbocycles. The number of hydrogen-bond acceptors (Lipinski definition) is 3. The van der Waals surface area contributed by atoms with E-state index >= 15 is 0 Å². The van der Waals surface area contributed by atoms with Gasteiger partial charge in [-0.2, -0.15) is 0 Å². The second-order valence-corrected chi connectivity index (χ2v) is 4.97. The van der Waals surface area contributed by atoms with Crippen LogP contribution in [0.25, 0.3) is 0 Å². The van der Waals surface area contributed by atoms with Crippen LogP contribution in [0, 0.1) is 5.92 Å². The predicted octanol–water partition coefficient (Wildman–Crippen LogP) is 0.768. The average Bonchev–Trinajstić information content (AvgIpc) is 2.30. The van der Waals surface area contributed by atoms with Gasteiger partial charge in [0.2, 0.25) is 11.8 Å². The molecule has 0 aliphatic heterocycles. The summed E-state index contributed by atoms with van der Waals surface area (Å²) in [7, 11) is 1.75. The molecule has 0 spiro atoms. The first-order chi connectivity index (χ1) is 8.40. The molecular formula is C13H26N2O3. The molecule has 5 nitrogen and oxygen atoms in total. The van der Waals surface area contributed by atoms with Gasteiger partial charge in [-0.05, 0) is 25.2 Å². The maximum atomic E-state index is 12.1. The van der Waals surface area contributed by atoms with E-state index < -0.39 is 6.04 Å². The van der Waals surface area contributed by atoms with Crippen molar-refractivity contribution in [1.29, 1.82) is 0 Å². The van der Waals surface area contributed by atoms with Gasteiger partial charge in [0, 0.05) is 27.1 Å². The van der Waals surface area contributed by atoms with Gasteiger partial charge in [0.25, 0.3) is 0 Å². The summed E-state index contributed by atoms with van der Waals surface area (Å²) in [6.07, 6.45) is 2.54. The van der Waals surface area contributed by atoms with Crippen molar-refractivity contribution in [2.24, 2.45) is 5.92 Å². The number of aliphatic hydroxyl groups excluding tert-OH is 1. The van der Waals surface area contributed by atoms with E-state index in [1.54, 1.807) is 11.9 Å². The van der Waals surface area contributed by atoms with Crippen LogP contribution in [0.3, 0.4) is 0 Å². The molecular weight excluding hydrogens is 232 g/mol. The third kappa shape index (κ3) is 6.59. The Bertz CT molecular complexity index is 267. The molecule has 0 aliphatic rings. The van der Waals surface area contributed by atoms with Crippen molar-refractivity contribution in [3.63, 3.8) is 0 Å². The van der Waals surface area contributed by atoms with E-state index in [2.05, 4.69) is 5.32 Å². The number of carbonyl (C=O) groups is 2. The highest BCUT2D eigenvalue weighted by Gasteiger charge is 2.25. The summed E-state index contributed by atoms with van der Waals surface area (Å²) in [6.45, 7) is 6.10. The summed E-state index contributed by atoms with van der Waals surface area (Å²) in [5, 5.41) is 11.4. The van der Waals surface area contributed by atoms with Crippen LogP contribution in [0.4, 0.5) is 0 Å². The van der Waals surface area contributed by atoms with Gasteiger partial charge < -0.3 is 15.3 Å². The van der Waals surface area contributed by atoms with Crippen LogP contribution < -0.4 is 5.32 Å². The Kier molecular flexibility index (Phi) is 8.37. The first-order valence-electron chi connectivity index (χ1n) is 6.53. The number of carbonyl (C=O) groups excluding carboxylic acids is 2. The second-order valence-electron chi connectivity index (χ2n) is 4.97. The van der Waals surface area contributed by atoms with Gasteiger partial charge in [-0.15, -0.1) is 0 Å². The Labute approximate surface area is 110 Å². The Morgan fingerprint density at radius 2 is 1.83 bits per heavy atom. The molecule has 0 rings (SSSR count). The highest BCUT2D eigenvalue weighted by molar-refractivity contribution is 5.86. The van der Waals surface area contributed by atoms with Gasteiger partial charge in [0.1, 0.15) is 6.04 Å². The molecule has 0 radical (unpaired) electrons. The van der Waals surface area contributed by atoms with E-state index in [1.165, 1.54) is 6.92 Å². The molecule has 0 aromatic carbocycles. The van der Waals surface area contributed by atoms with E-state index in [1.807, 2.05) is 13.8 Å². The van der Waals surface area contributed by atoms with Crippen molar-refractivity contribution >= 4 is 11.8 Å². The molecule has 0 heterocycles. The monoisotopic (exact) mass is 258 g/mol. The topological polar surface area (TPSA) is 69.6 Å². The minimum atomic E-state index is -0.453. The summed E-state index contributed by atoms with van der Waals surface area (Å²) in [6, 6.07) is -0.453. The quantitative estimate of drug-likeness (QED) is 0.632. The lowest BCUT2D eigenvalue weighted by atomic mass is 10.0. The molecule has 0 aliphatic carbocycles. The number of aliphatic hydroxyl groups is 1. The van der Waals surface area contributed by atoms with E-state index in [-0.39, 0.29) is 24.3 Å². The van der Waals surface area contributed by atoms with Crippen LogP contribution in [0.15, 0.2) is 0 Å². The van der Waals surface area contributed by atoms with Gasteiger partial charge in [0.15, 0.2) is 0 Å². The third-order valence-electron chi connectivity index (χ3n) is 2.82. The average molecular weight is 258 g/mol. The molecule has 2 N–H and O–H groups in total. The first kappa shape index (κ1) is 16.9. The van der Waals surface area contributed by atoms with Crippen LogP contribution in [-0.4, -0.2) is 48.1 Å². The summed E-state index contributed by atoms with van der Waals surface area (Å²) in [5.74, 6) is -0.166. The number of nitrogens with zero attached hydrogens (tertiary/aromatic N) is 1. The molecule has 0 saturated heterocycles. The molecule has 5 heteroatoms. The maximum absolute atomic E-state index is 12.1. The van der Waals surface area contributed by atoms with Gasteiger partial charge in [0.05, 0.1) is 0 Å². The number of hydrogen-bond donors (Lipinski definition) is 2. The fraction of sp³-hybridized carbons (Fsp3) is 0.846. The van der Waals surface area contributed by atoms with Gasteiger partial charge in [-0.1, -0.05) is 13.8 Å². The van der Waals surface area contributed by atoms with Crippen molar-refractivity contribution in [3.8, 4) is 0 Å². The molecule has 1 atom stereocenters. The lowest BCUT2D eigenvalue weighted by Gasteiger charge is -2.26. The van der Waals surface area contributed by atoms with Crippen LogP contribution in [0.5, 0.6) is 0 Å². The Balaban J connectivity index is 4.25. The van der Waals surface area contributed by atoms with Crippen LogP contribution in [-0.2, 0) is 9.59 Å². The molecule has 18 heavy (non-hydrogen) atoms. The van der Waals surface area contributed by atoms with Crippen LogP contribution >= 0.6 is 0 Å². The van der Waals surface area contributed by atoms with Crippen molar-refractivity contribution in [2.45, 2.75) is 46.1 Å². The molecule has 2 amide bonds. The zero-order chi connectivity index (χ0) is 14.1. The first-order valence-corrected chi connectivity index (χ1v) is 6.53. The van der Waals surface area contributed by atoms with Crippen molar-refractivity contribution in [2.75, 3.05) is 20.2 Å². The summed E-state index contributed by atoms with van der Waals surface area (Å²) in [4.78, 5) is 24.9. The van der Waals surface area contributed by atoms with Crippen LogP contribution in [0.1, 0.15) is 40.0 Å². The smallest absolute Gasteiger partial charge is 0.245 e. The van der Waals surface area contributed by atoms with E-state index in [0.717, 1.165) is 19.3 Å². The zero-order valence-electron chi connectivity index (χ0n) is 11.9. The highest BCUT2D eigenvalue weighted by Crippen LogP contribution is 2.06. The fourth-order valence-corrected chi connectivity index (χ4v) is 1.72. The Morgan fingerprint density at radius 3 is 2.28 bits per heavy atom. The SMILES string of the molecule is CC(=O)NC(C(=O)N(C)CCCCCO)C(C)C. The Hall–Kier alpha value is -1.10. The van der Waals surface area contributed by atoms with Crippen molar-refractivity contribution in [3.05, 3.63) is 0 Å². The lowest BCUT2D eigenvalue weighted by Crippen LogP contribution is -2.49. The zero-order valence-corrected chi connectivity index (χ0v) is 11.9. The summed E-state index contributed by atoms with van der Waals surface area (Å²) in [5.41, 5.74) is 0. The molecule has 0 aromatic heterocycles. The van der Waals surface area contributed by atoms with Gasteiger partial charge in [-0.3, -0.25) is 9.59 Å². The van der Waals surface area contributed by atoms with Crippen LogP contribution in [0.2, 0.25) is 0 Å². The predicted molar refractivity (Wildman–Crippen MR) is 71.0 cm³/mol. The normalized spacial score (nSPS) is 12.3. The molecule has 0 fully saturated rings. The minimum absolute atomic E-state index is 0.0517. The number of likely N-dealkylation sites (N-methyl/N-ethyl adjacent to an activating group) is 1. The van der Waals surface area contributed by atoms with E-state index in [9.17, 15) is 9.59 Å². The fourth-order valence-electron chi connectivity index (χ4n) is 1.72. The molecule has 0 aromatic rings. The summed E-state index contributed by atoms with van der Waals surface area (Å²) < 4.78 is 0. The largest absolute Gasteiger partial charge is 0.396 e. The minimum Gasteiger partial charge on any atom is -0.396 e.